The number of benzene rings is 3. The van der Waals surface area contributed by atoms with Crippen molar-refractivity contribution in [2.24, 2.45) is 0 Å². The fourth-order valence-corrected chi connectivity index (χ4v) is 5.60. The van der Waals surface area contributed by atoms with Gasteiger partial charge < -0.3 is 4.74 Å². The Morgan fingerprint density at radius 1 is 1.19 bits per heavy atom. The predicted molar refractivity (Wildman–Crippen MR) is 128 cm³/mol. The largest absolute Gasteiger partial charge is 0.376 e. The van der Waals surface area contributed by atoms with Gasteiger partial charge in [0.15, 0.2) is 5.13 Å². The summed E-state index contributed by atoms with van der Waals surface area (Å²) in [5.74, 6) is 0.0357. The van der Waals surface area contributed by atoms with Gasteiger partial charge in [-0.25, -0.2) is 4.98 Å². The summed E-state index contributed by atoms with van der Waals surface area (Å²) in [5.41, 5.74) is 2.92. The summed E-state index contributed by atoms with van der Waals surface area (Å²) in [6.45, 7) is 3.28. The van der Waals surface area contributed by atoms with Crippen LogP contribution in [-0.4, -0.2) is 30.1 Å². The van der Waals surface area contributed by atoms with Crippen molar-refractivity contribution in [3.05, 3.63) is 70.7 Å². The van der Waals surface area contributed by atoms with Crippen LogP contribution in [0.5, 0.6) is 0 Å². The minimum atomic E-state index is 0.0357. The number of aromatic nitrogens is 1. The molecule has 3 aromatic carbocycles. The second-order valence-electron chi connectivity index (χ2n) is 8.06. The van der Waals surface area contributed by atoms with E-state index in [9.17, 15) is 4.79 Å². The zero-order valence-electron chi connectivity index (χ0n) is 17.3. The molecule has 158 valence electrons. The van der Waals surface area contributed by atoms with Crippen molar-refractivity contribution in [1.82, 2.24) is 4.98 Å². The van der Waals surface area contributed by atoms with Crippen LogP contribution in [0.1, 0.15) is 24.0 Å². The lowest BCUT2D eigenvalue weighted by molar-refractivity contribution is -0.118. The van der Waals surface area contributed by atoms with Crippen LogP contribution in [0, 0.1) is 6.92 Å². The van der Waals surface area contributed by atoms with Crippen molar-refractivity contribution in [3.8, 4) is 0 Å². The van der Waals surface area contributed by atoms with Crippen LogP contribution < -0.4 is 4.90 Å². The Balaban J connectivity index is 1.47. The molecule has 0 spiro atoms. The molecule has 0 N–H and O–H groups in total. The van der Waals surface area contributed by atoms with Gasteiger partial charge in [0.2, 0.25) is 5.91 Å². The molecule has 1 atom stereocenters. The molecule has 5 rings (SSSR count). The van der Waals surface area contributed by atoms with E-state index in [-0.39, 0.29) is 12.0 Å². The molecule has 6 heteroatoms. The average Bonchev–Trinajstić information content (AvgIpc) is 3.41. The van der Waals surface area contributed by atoms with Gasteiger partial charge in [-0.1, -0.05) is 65.4 Å². The van der Waals surface area contributed by atoms with Gasteiger partial charge in [0.25, 0.3) is 0 Å². The molecule has 1 amide bonds. The van der Waals surface area contributed by atoms with E-state index >= 15 is 0 Å². The molecule has 0 saturated carbocycles. The normalized spacial score (nSPS) is 16.3. The fraction of sp³-hybridized carbons (Fsp3) is 0.280. The van der Waals surface area contributed by atoms with Gasteiger partial charge >= 0.3 is 0 Å². The lowest BCUT2D eigenvalue weighted by Gasteiger charge is -2.23. The number of anilines is 1. The van der Waals surface area contributed by atoms with Crippen molar-refractivity contribution in [2.75, 3.05) is 18.1 Å². The van der Waals surface area contributed by atoms with Crippen molar-refractivity contribution in [3.63, 3.8) is 0 Å². The smallest absolute Gasteiger partial charge is 0.233 e. The molecule has 1 saturated heterocycles. The molecular formula is C25H23ClN2O2S. The number of carbonyl (C=O) groups is 1. The number of carbonyl (C=O) groups excluding carboxylic acids is 1. The third-order valence-corrected chi connectivity index (χ3v) is 6.99. The summed E-state index contributed by atoms with van der Waals surface area (Å²) < 4.78 is 6.84. The number of fused-ring (bicyclic) bond motifs is 2. The Kier molecular flexibility index (Phi) is 5.65. The molecule has 1 aliphatic rings. The van der Waals surface area contributed by atoms with E-state index in [1.54, 1.807) is 0 Å². The number of rotatable bonds is 5. The van der Waals surface area contributed by atoms with Crippen molar-refractivity contribution in [1.29, 1.82) is 0 Å². The lowest BCUT2D eigenvalue weighted by atomic mass is 10.0. The van der Waals surface area contributed by atoms with Crippen molar-refractivity contribution >= 4 is 55.0 Å². The summed E-state index contributed by atoms with van der Waals surface area (Å²) in [5, 5.41) is 3.71. The molecule has 0 aliphatic carbocycles. The molecule has 1 fully saturated rings. The number of hydrogen-bond donors (Lipinski definition) is 0. The maximum absolute atomic E-state index is 13.5. The number of aryl methyl sites for hydroxylation is 1. The molecule has 1 aliphatic heterocycles. The number of nitrogens with zero attached hydrogens (tertiary/aromatic N) is 2. The lowest BCUT2D eigenvalue weighted by Crippen LogP contribution is -2.38. The third kappa shape index (κ3) is 4.31. The number of halogens is 1. The first kappa shape index (κ1) is 20.4. The van der Waals surface area contributed by atoms with Crippen LogP contribution in [0.2, 0.25) is 5.02 Å². The fourth-order valence-electron chi connectivity index (χ4n) is 4.16. The van der Waals surface area contributed by atoms with Crippen molar-refractivity contribution in [2.45, 2.75) is 32.3 Å². The minimum absolute atomic E-state index is 0.0357. The van der Waals surface area contributed by atoms with Gasteiger partial charge in [0.1, 0.15) is 0 Å². The van der Waals surface area contributed by atoms with Crippen LogP contribution in [0.4, 0.5) is 5.13 Å². The van der Waals surface area contributed by atoms with Gasteiger partial charge in [0.05, 0.1) is 29.3 Å². The molecule has 31 heavy (non-hydrogen) atoms. The number of hydrogen-bond acceptors (Lipinski definition) is 4. The van der Waals surface area contributed by atoms with Gasteiger partial charge in [-0.05, 0) is 53.8 Å². The summed E-state index contributed by atoms with van der Waals surface area (Å²) in [7, 11) is 0. The maximum Gasteiger partial charge on any atom is 0.233 e. The highest BCUT2D eigenvalue weighted by Crippen LogP contribution is 2.34. The predicted octanol–water partition coefficient (Wildman–Crippen LogP) is 6.17. The van der Waals surface area contributed by atoms with Crippen LogP contribution in [0.3, 0.4) is 0 Å². The zero-order valence-corrected chi connectivity index (χ0v) is 18.9. The van der Waals surface area contributed by atoms with Gasteiger partial charge in [-0.3, -0.25) is 9.69 Å². The van der Waals surface area contributed by atoms with Crippen molar-refractivity contribution < 1.29 is 9.53 Å². The highest BCUT2D eigenvalue weighted by molar-refractivity contribution is 7.22. The Labute approximate surface area is 190 Å². The minimum Gasteiger partial charge on any atom is -0.376 e. The van der Waals surface area contributed by atoms with Gasteiger partial charge in [-0.15, -0.1) is 0 Å². The number of amides is 1. The van der Waals surface area contributed by atoms with E-state index in [2.05, 4.69) is 24.3 Å². The Morgan fingerprint density at radius 2 is 2.03 bits per heavy atom. The van der Waals surface area contributed by atoms with E-state index in [4.69, 9.17) is 21.3 Å². The zero-order chi connectivity index (χ0) is 21.4. The Bertz CT molecular complexity index is 1260. The maximum atomic E-state index is 13.5. The summed E-state index contributed by atoms with van der Waals surface area (Å²) in [6, 6.07) is 18.2. The van der Waals surface area contributed by atoms with Gasteiger partial charge in [0, 0.05) is 11.6 Å². The van der Waals surface area contributed by atoms with Crippen LogP contribution in [0.25, 0.3) is 21.0 Å². The highest BCUT2D eigenvalue weighted by Gasteiger charge is 2.26. The Hall–Kier alpha value is -2.47. The molecule has 0 bridgehead atoms. The average molecular weight is 451 g/mol. The highest BCUT2D eigenvalue weighted by atomic mass is 35.5. The third-order valence-electron chi connectivity index (χ3n) is 5.75. The first-order chi connectivity index (χ1) is 15.1. The molecule has 2 heterocycles. The molecule has 4 nitrogen and oxygen atoms in total. The van der Waals surface area contributed by atoms with E-state index in [0.717, 1.165) is 46.2 Å². The van der Waals surface area contributed by atoms with E-state index < -0.39 is 0 Å². The molecular weight excluding hydrogens is 428 g/mol. The van der Waals surface area contributed by atoms with E-state index in [1.807, 2.05) is 42.2 Å². The first-order valence-corrected chi connectivity index (χ1v) is 11.7. The number of thiazole rings is 1. The standard InChI is InChI=1S/C25H23ClN2O2S/c1-16-11-20(26)14-22-24(16)27-25(31-22)28(15-21-7-4-10-30-21)23(29)13-17-8-9-18-5-2-3-6-19(18)12-17/h2-3,5-6,8-9,11-12,14,21H,4,7,10,13,15H2,1H3. The topological polar surface area (TPSA) is 42.4 Å². The first-order valence-electron chi connectivity index (χ1n) is 10.5. The summed E-state index contributed by atoms with van der Waals surface area (Å²) in [4.78, 5) is 20.1. The molecule has 4 aromatic rings. The molecule has 1 unspecified atom stereocenters. The SMILES string of the molecule is Cc1cc(Cl)cc2sc(N(CC3CCCO3)C(=O)Cc3ccc4ccccc4c3)nc12. The Morgan fingerprint density at radius 3 is 2.84 bits per heavy atom. The molecule has 0 radical (unpaired) electrons. The monoisotopic (exact) mass is 450 g/mol. The van der Waals surface area contributed by atoms with E-state index in [0.29, 0.717) is 23.1 Å². The second-order valence-corrected chi connectivity index (χ2v) is 9.51. The summed E-state index contributed by atoms with van der Waals surface area (Å²) >= 11 is 7.76. The van der Waals surface area contributed by atoms with Crippen LogP contribution >= 0.6 is 22.9 Å². The molecule has 1 aromatic heterocycles. The summed E-state index contributed by atoms with van der Waals surface area (Å²) in [6.07, 6.45) is 2.38. The van der Waals surface area contributed by atoms with Crippen LogP contribution in [0.15, 0.2) is 54.6 Å². The van der Waals surface area contributed by atoms with Crippen LogP contribution in [-0.2, 0) is 16.0 Å². The number of ether oxygens (including phenoxy) is 1. The van der Waals surface area contributed by atoms with Gasteiger partial charge in [-0.2, -0.15) is 0 Å². The quantitative estimate of drug-likeness (QED) is 0.365. The second kappa shape index (κ2) is 8.58. The van der Waals surface area contributed by atoms with E-state index in [1.165, 1.54) is 16.7 Å².